The Morgan fingerprint density at radius 1 is 1.14 bits per heavy atom. The van der Waals surface area contributed by atoms with Crippen molar-refractivity contribution < 1.29 is 14.2 Å². The van der Waals surface area contributed by atoms with Crippen molar-refractivity contribution in [1.82, 2.24) is 14.7 Å². The van der Waals surface area contributed by atoms with Crippen LogP contribution in [-0.4, -0.2) is 67.4 Å². The summed E-state index contributed by atoms with van der Waals surface area (Å²) in [4.78, 5) is 16.4. The summed E-state index contributed by atoms with van der Waals surface area (Å²) in [5, 5.41) is 4.54. The summed E-state index contributed by atoms with van der Waals surface area (Å²) in [6.45, 7) is 4.80. The molecule has 1 fully saturated rings. The molecule has 28 heavy (non-hydrogen) atoms. The molecule has 0 spiro atoms. The van der Waals surface area contributed by atoms with Crippen LogP contribution in [0.25, 0.3) is 0 Å². The van der Waals surface area contributed by atoms with E-state index in [1.54, 1.807) is 16.8 Å². The first-order valence-corrected chi connectivity index (χ1v) is 9.70. The van der Waals surface area contributed by atoms with Crippen LogP contribution < -0.4 is 19.9 Å². The van der Waals surface area contributed by atoms with Crippen LogP contribution in [0.4, 0.5) is 5.82 Å². The van der Waals surface area contributed by atoms with Crippen LogP contribution in [0.15, 0.2) is 41.2 Å². The minimum Gasteiger partial charge on any atom is -0.484 e. The summed E-state index contributed by atoms with van der Waals surface area (Å²) in [6, 6.07) is 11.1. The Bertz CT molecular complexity index is 850. The first kappa shape index (κ1) is 18.8. The number of hydrogen-bond acceptors (Lipinski definition) is 7. The van der Waals surface area contributed by atoms with E-state index in [4.69, 9.17) is 14.2 Å². The largest absolute Gasteiger partial charge is 0.484 e. The third kappa shape index (κ3) is 4.28. The molecule has 8 nitrogen and oxygen atoms in total. The predicted octanol–water partition coefficient (Wildman–Crippen LogP) is 1.20. The molecule has 1 atom stereocenters. The Kier molecular flexibility index (Phi) is 5.78. The van der Waals surface area contributed by atoms with Gasteiger partial charge in [0.1, 0.15) is 12.4 Å². The zero-order chi connectivity index (χ0) is 19.3. The van der Waals surface area contributed by atoms with E-state index in [2.05, 4.69) is 14.9 Å². The van der Waals surface area contributed by atoms with E-state index < -0.39 is 0 Å². The molecular formula is C20H26N4O4. The number of likely N-dealkylation sites (N-methyl/N-ethyl adjacent to an activating group) is 1. The molecule has 0 amide bonds. The molecule has 2 aliphatic heterocycles. The molecule has 0 aliphatic carbocycles. The summed E-state index contributed by atoms with van der Waals surface area (Å²) in [7, 11) is 2.00. The van der Waals surface area contributed by atoms with Crippen LogP contribution in [0.5, 0.6) is 11.5 Å². The molecule has 0 bridgehead atoms. The third-order valence-corrected chi connectivity index (χ3v) is 5.05. The first-order chi connectivity index (χ1) is 13.7. The molecule has 2 aliphatic rings. The Hall–Kier alpha value is -2.58. The van der Waals surface area contributed by atoms with E-state index in [1.807, 2.05) is 31.3 Å². The van der Waals surface area contributed by atoms with Gasteiger partial charge in [-0.15, -0.1) is 0 Å². The van der Waals surface area contributed by atoms with Crippen LogP contribution in [0.1, 0.15) is 6.42 Å². The van der Waals surface area contributed by atoms with Crippen molar-refractivity contribution >= 4 is 5.82 Å². The highest BCUT2D eigenvalue weighted by molar-refractivity contribution is 5.40. The second-order valence-electron chi connectivity index (χ2n) is 7.02. The minimum absolute atomic E-state index is 0.0779. The van der Waals surface area contributed by atoms with Crippen LogP contribution in [0.2, 0.25) is 0 Å². The fourth-order valence-electron chi connectivity index (χ4n) is 3.40. The van der Waals surface area contributed by atoms with Gasteiger partial charge >= 0.3 is 0 Å². The average Bonchev–Trinajstić information content (AvgIpc) is 2.75. The van der Waals surface area contributed by atoms with Gasteiger partial charge < -0.3 is 19.1 Å². The number of para-hydroxylation sites is 2. The van der Waals surface area contributed by atoms with Crippen molar-refractivity contribution in [3.05, 3.63) is 46.8 Å². The van der Waals surface area contributed by atoms with Gasteiger partial charge in [0, 0.05) is 32.2 Å². The highest BCUT2D eigenvalue weighted by Gasteiger charge is 2.24. The van der Waals surface area contributed by atoms with Crippen LogP contribution in [-0.2, 0) is 11.3 Å². The van der Waals surface area contributed by atoms with Gasteiger partial charge in [0.2, 0.25) is 0 Å². The van der Waals surface area contributed by atoms with Crippen molar-refractivity contribution in [2.75, 3.05) is 51.4 Å². The molecule has 2 aromatic rings. The van der Waals surface area contributed by atoms with Gasteiger partial charge in [-0.25, -0.2) is 4.68 Å². The van der Waals surface area contributed by atoms with Gasteiger partial charge in [-0.1, -0.05) is 12.1 Å². The fraction of sp³-hybridized carbons (Fsp3) is 0.500. The Balaban J connectivity index is 1.32. The van der Waals surface area contributed by atoms with Crippen LogP contribution >= 0.6 is 0 Å². The monoisotopic (exact) mass is 386 g/mol. The molecule has 1 unspecified atom stereocenters. The summed E-state index contributed by atoms with van der Waals surface area (Å²) in [6.07, 6.45) is 0.650. The second kappa shape index (κ2) is 8.62. The number of benzene rings is 1. The van der Waals surface area contributed by atoms with Gasteiger partial charge in [0.05, 0.1) is 13.2 Å². The maximum Gasteiger partial charge on any atom is 0.266 e. The number of morpholine rings is 1. The molecule has 1 aromatic carbocycles. The maximum atomic E-state index is 12.2. The van der Waals surface area contributed by atoms with E-state index >= 15 is 0 Å². The topological polar surface area (TPSA) is 69.1 Å². The van der Waals surface area contributed by atoms with Gasteiger partial charge in [0.15, 0.2) is 17.7 Å². The Morgan fingerprint density at radius 2 is 1.93 bits per heavy atom. The lowest BCUT2D eigenvalue weighted by molar-refractivity contribution is -0.0161. The molecule has 1 aromatic heterocycles. The Morgan fingerprint density at radius 3 is 2.75 bits per heavy atom. The van der Waals surface area contributed by atoms with E-state index in [1.165, 1.54) is 0 Å². The van der Waals surface area contributed by atoms with Gasteiger partial charge in [-0.2, -0.15) is 5.10 Å². The van der Waals surface area contributed by atoms with Gasteiger partial charge in [-0.3, -0.25) is 9.69 Å². The number of anilines is 1. The predicted molar refractivity (Wildman–Crippen MR) is 105 cm³/mol. The van der Waals surface area contributed by atoms with E-state index in [0.717, 1.165) is 43.4 Å². The van der Waals surface area contributed by atoms with Crippen molar-refractivity contribution in [2.45, 2.75) is 19.2 Å². The lowest BCUT2D eigenvalue weighted by atomic mass is 10.3. The second-order valence-corrected chi connectivity index (χ2v) is 7.02. The van der Waals surface area contributed by atoms with Crippen molar-refractivity contribution in [3.63, 3.8) is 0 Å². The molecule has 150 valence electrons. The van der Waals surface area contributed by atoms with Gasteiger partial charge in [-0.05, 0) is 31.7 Å². The van der Waals surface area contributed by atoms with E-state index in [9.17, 15) is 4.79 Å². The van der Waals surface area contributed by atoms with Crippen LogP contribution in [0, 0.1) is 0 Å². The van der Waals surface area contributed by atoms with E-state index in [0.29, 0.717) is 26.4 Å². The average molecular weight is 386 g/mol. The molecule has 4 rings (SSSR count). The molecule has 0 saturated carbocycles. The Labute approximate surface area is 164 Å². The number of fused-ring (bicyclic) bond motifs is 1. The standard InChI is InChI=1S/C20H26N4O4/c1-22(20-15-27-16-5-2-3-6-17(16)28-20)9-4-10-24-19(25)8-7-18(21-24)23-11-13-26-14-12-23/h2-3,5-8,20H,4,9-15H2,1H3. The fourth-order valence-corrected chi connectivity index (χ4v) is 3.40. The number of aryl methyl sites for hydroxylation is 1. The molecule has 0 radical (unpaired) electrons. The number of hydrogen-bond donors (Lipinski definition) is 0. The number of ether oxygens (including phenoxy) is 3. The summed E-state index contributed by atoms with van der Waals surface area (Å²) in [5.41, 5.74) is -0.0779. The molecule has 8 heteroatoms. The summed E-state index contributed by atoms with van der Waals surface area (Å²) >= 11 is 0. The molecular weight excluding hydrogens is 360 g/mol. The number of aromatic nitrogens is 2. The lowest BCUT2D eigenvalue weighted by Gasteiger charge is -2.32. The van der Waals surface area contributed by atoms with Gasteiger partial charge in [0.25, 0.3) is 5.56 Å². The maximum absolute atomic E-state index is 12.2. The smallest absolute Gasteiger partial charge is 0.266 e. The highest BCUT2D eigenvalue weighted by atomic mass is 16.6. The molecule has 1 saturated heterocycles. The number of rotatable bonds is 6. The summed E-state index contributed by atoms with van der Waals surface area (Å²) < 4.78 is 18.7. The van der Waals surface area contributed by atoms with Crippen molar-refractivity contribution in [1.29, 1.82) is 0 Å². The highest BCUT2D eigenvalue weighted by Crippen LogP contribution is 2.31. The zero-order valence-electron chi connectivity index (χ0n) is 16.1. The quantitative estimate of drug-likeness (QED) is 0.739. The lowest BCUT2D eigenvalue weighted by Crippen LogP contribution is -2.44. The summed E-state index contributed by atoms with van der Waals surface area (Å²) in [5.74, 6) is 2.38. The SMILES string of the molecule is CN(CCCn1nc(N2CCOCC2)ccc1=O)C1COc2ccccc2O1. The normalized spacial score (nSPS) is 19.1. The number of nitrogens with zero attached hydrogens (tertiary/aromatic N) is 4. The van der Waals surface area contributed by atoms with Crippen molar-refractivity contribution in [2.24, 2.45) is 0 Å². The third-order valence-electron chi connectivity index (χ3n) is 5.05. The molecule has 0 N–H and O–H groups in total. The van der Waals surface area contributed by atoms with E-state index in [-0.39, 0.29) is 11.8 Å². The minimum atomic E-state index is -0.140. The zero-order valence-corrected chi connectivity index (χ0v) is 16.1. The van der Waals surface area contributed by atoms with Crippen LogP contribution in [0.3, 0.4) is 0 Å². The molecule has 3 heterocycles. The first-order valence-electron chi connectivity index (χ1n) is 9.70. The van der Waals surface area contributed by atoms with Crippen molar-refractivity contribution in [3.8, 4) is 11.5 Å².